The average molecular weight is 667 g/mol. The minimum atomic E-state index is -1.14. The molecule has 2 N–H and O–H groups in total. The van der Waals surface area contributed by atoms with Gasteiger partial charge in [-0.2, -0.15) is 0 Å². The summed E-state index contributed by atoms with van der Waals surface area (Å²) in [5.41, 5.74) is 13.3. The third-order valence-electron chi connectivity index (χ3n) is 8.20. The normalized spacial score (nSPS) is 12.7. The fourth-order valence-electron chi connectivity index (χ4n) is 5.76. The monoisotopic (exact) mass is 666 g/mol. The van der Waals surface area contributed by atoms with E-state index in [1.165, 1.54) is 0 Å². The molecule has 0 unspecified atom stereocenters. The number of rotatable bonds is 8. The van der Waals surface area contributed by atoms with Crippen molar-refractivity contribution in [2.24, 2.45) is 0 Å². The fraction of sp³-hybridized carbons (Fsp3) is 0.235. The number of allylic oxidation sites excluding steroid dienone is 5. The second-order valence-corrected chi connectivity index (χ2v) is 10.7. The van der Waals surface area contributed by atoms with E-state index < -0.39 is 11.9 Å². The molecule has 8 bridgehead atoms. The van der Waals surface area contributed by atoms with Crippen LogP contribution in [-0.4, -0.2) is 31.9 Å². The van der Waals surface area contributed by atoms with Crippen LogP contribution in [0.5, 0.6) is 0 Å². The number of nitrogens with zero attached hydrogens (tertiary/aromatic N) is 2. The summed E-state index contributed by atoms with van der Waals surface area (Å²) in [7, 11) is 0. The average Bonchev–Trinajstić information content (AvgIpc) is 3.59. The summed E-state index contributed by atoms with van der Waals surface area (Å²) >= 11 is 0. The van der Waals surface area contributed by atoms with Gasteiger partial charge in [-0.1, -0.05) is 25.3 Å². The van der Waals surface area contributed by atoms with Crippen LogP contribution in [0.4, 0.5) is 0 Å². The molecular formula is C34H32N4O4Pd. The van der Waals surface area contributed by atoms with E-state index in [-0.39, 0.29) is 46.1 Å². The van der Waals surface area contributed by atoms with E-state index >= 15 is 0 Å². The van der Waals surface area contributed by atoms with Crippen molar-refractivity contribution in [2.75, 3.05) is 0 Å². The Bertz CT molecular complexity index is 1920. The minimum Gasteiger partial charge on any atom is -0.550 e. The number of aromatic amines is 2. The number of nitrogens with one attached hydrogen (secondary N) is 2. The third-order valence-corrected chi connectivity index (χ3v) is 8.20. The van der Waals surface area contributed by atoms with E-state index in [4.69, 9.17) is 9.97 Å². The molecule has 0 amide bonds. The van der Waals surface area contributed by atoms with Crippen molar-refractivity contribution in [1.82, 2.24) is 19.9 Å². The quantitative estimate of drug-likeness (QED) is 0.331. The van der Waals surface area contributed by atoms with Gasteiger partial charge in [0.1, 0.15) is 0 Å². The van der Waals surface area contributed by atoms with Crippen LogP contribution >= 0.6 is 0 Å². The first kappa shape index (κ1) is 31.6. The van der Waals surface area contributed by atoms with E-state index in [2.05, 4.69) is 23.1 Å². The Morgan fingerprint density at radius 3 is 1.91 bits per heavy atom. The van der Waals surface area contributed by atoms with Gasteiger partial charge in [-0.3, -0.25) is 0 Å². The van der Waals surface area contributed by atoms with Gasteiger partial charge >= 0.3 is 20.4 Å². The number of aliphatic carboxylic acids is 2. The Morgan fingerprint density at radius 2 is 1.26 bits per heavy atom. The van der Waals surface area contributed by atoms with E-state index in [0.717, 1.165) is 72.5 Å². The molecule has 2 aliphatic rings. The summed E-state index contributed by atoms with van der Waals surface area (Å²) in [6.07, 6.45) is 3.81. The fourth-order valence-corrected chi connectivity index (χ4v) is 5.76. The molecule has 0 spiro atoms. The van der Waals surface area contributed by atoms with Gasteiger partial charge in [0.25, 0.3) is 0 Å². The largest absolute Gasteiger partial charge is 2.00 e. The van der Waals surface area contributed by atoms with Gasteiger partial charge < -0.3 is 29.8 Å². The molecule has 0 radical (unpaired) electrons. The predicted octanol–water partition coefficient (Wildman–Crippen LogP) is 4.83. The Kier molecular flexibility index (Phi) is 9.19. The standard InChI is InChI=1S/C34H34N4O4.Pd/c1-7-21-17(3)25-13-26-19(5)23(9-11-33(39)40)31(37-26)16-32-24(10-12-34(41)42)20(6)28(38-32)15-30-22(8-2)18(4)27(36-30)14-29(21)35-25;/h7-8,13-16,35,38H,1-2,9-12H2,3-6H3,(H,39,40)(H,41,42);/q;+2/p-2. The van der Waals surface area contributed by atoms with Crippen LogP contribution in [0.2, 0.25) is 0 Å². The number of hydrogen-bond acceptors (Lipinski definition) is 6. The zero-order valence-electron chi connectivity index (χ0n) is 24.6. The van der Waals surface area contributed by atoms with Crippen molar-refractivity contribution in [3.8, 4) is 0 Å². The van der Waals surface area contributed by atoms with Crippen molar-refractivity contribution >= 4 is 62.4 Å². The molecule has 0 saturated heterocycles. The van der Waals surface area contributed by atoms with Crippen molar-refractivity contribution in [2.45, 2.75) is 53.4 Å². The van der Waals surface area contributed by atoms with Crippen molar-refractivity contribution in [3.63, 3.8) is 0 Å². The summed E-state index contributed by atoms with van der Waals surface area (Å²) in [6, 6.07) is 7.78. The van der Waals surface area contributed by atoms with Crippen LogP contribution in [0.3, 0.4) is 0 Å². The molecule has 0 aromatic carbocycles. The van der Waals surface area contributed by atoms with E-state index in [1.54, 1.807) is 6.08 Å². The van der Waals surface area contributed by atoms with Crippen LogP contribution < -0.4 is 10.2 Å². The van der Waals surface area contributed by atoms with Crippen LogP contribution in [0.1, 0.15) is 78.1 Å². The van der Waals surface area contributed by atoms with Crippen molar-refractivity contribution in [3.05, 3.63) is 88.5 Å². The molecule has 3 aromatic heterocycles. The Balaban J connectivity index is 0.00000423. The van der Waals surface area contributed by atoms with Crippen LogP contribution in [0, 0.1) is 13.8 Å². The van der Waals surface area contributed by atoms with Crippen molar-refractivity contribution < 1.29 is 40.2 Å². The zero-order chi connectivity index (χ0) is 30.3. The van der Waals surface area contributed by atoms with E-state index in [1.807, 2.05) is 58.0 Å². The predicted molar refractivity (Wildman–Crippen MR) is 163 cm³/mol. The SMILES string of the molecule is C=CC1=C(C)c2cc3[nH]c(cc4nc(cc5[nH]c(cc1n2)c(C)c5CCC(=O)[O-])C(CCC(=O)[O-])=C4C)c(C)c3C=C.[Pd+2]. The molecule has 5 rings (SSSR count). The minimum absolute atomic E-state index is 0. The van der Waals surface area contributed by atoms with Gasteiger partial charge in [-0.15, -0.1) is 0 Å². The second kappa shape index (κ2) is 12.5. The number of carboxylic acids is 2. The number of aromatic nitrogens is 4. The Hall–Kier alpha value is -4.32. The third kappa shape index (κ3) is 5.97. The molecule has 0 atom stereocenters. The summed E-state index contributed by atoms with van der Waals surface area (Å²) < 4.78 is 0. The molecule has 2 aliphatic heterocycles. The van der Waals surface area contributed by atoms with Crippen LogP contribution in [-0.2, 0) is 36.4 Å². The molecule has 5 heterocycles. The summed E-state index contributed by atoms with van der Waals surface area (Å²) in [6.45, 7) is 15.9. The van der Waals surface area contributed by atoms with Crippen LogP contribution in [0.15, 0.2) is 43.5 Å². The number of aryl methyl sites for hydroxylation is 3. The van der Waals surface area contributed by atoms with Gasteiger partial charge in [-0.25, -0.2) is 9.97 Å². The number of hydrogen-bond donors (Lipinski definition) is 2. The number of carbonyl (C=O) groups excluding carboxylic acids is 2. The van der Waals surface area contributed by atoms with Gasteiger partial charge in [0.2, 0.25) is 0 Å². The smallest absolute Gasteiger partial charge is 0.550 e. The first-order valence-corrected chi connectivity index (χ1v) is 13.8. The van der Waals surface area contributed by atoms with Gasteiger partial charge in [0.05, 0.1) is 22.8 Å². The first-order chi connectivity index (χ1) is 20.0. The number of carboxylic acid groups (broad SMARTS) is 2. The van der Waals surface area contributed by atoms with E-state index in [0.29, 0.717) is 16.9 Å². The van der Waals surface area contributed by atoms with Gasteiger partial charge in [-0.05, 0) is 111 Å². The summed E-state index contributed by atoms with van der Waals surface area (Å²) in [4.78, 5) is 39.7. The molecule has 0 fully saturated rings. The maximum Gasteiger partial charge on any atom is 2.00 e. The molecule has 3 aromatic rings. The molecule has 0 saturated carbocycles. The number of H-pyrrole nitrogens is 2. The zero-order valence-corrected chi connectivity index (χ0v) is 26.1. The van der Waals surface area contributed by atoms with Gasteiger partial charge in [0.15, 0.2) is 0 Å². The molecule has 222 valence electrons. The molecule has 8 nitrogen and oxygen atoms in total. The number of carbonyl (C=O) groups is 2. The number of fused-ring (bicyclic) bond motifs is 8. The summed E-state index contributed by atoms with van der Waals surface area (Å²) in [5.74, 6) is -2.28. The van der Waals surface area contributed by atoms with Crippen LogP contribution in [0.25, 0.3) is 50.4 Å². The first-order valence-electron chi connectivity index (χ1n) is 13.8. The Labute approximate surface area is 263 Å². The topological polar surface area (TPSA) is 138 Å². The molecule has 9 heteroatoms. The second-order valence-electron chi connectivity index (χ2n) is 10.7. The van der Waals surface area contributed by atoms with Gasteiger partial charge in [0, 0.05) is 45.1 Å². The van der Waals surface area contributed by atoms with Crippen molar-refractivity contribution in [1.29, 1.82) is 0 Å². The van der Waals surface area contributed by atoms with E-state index in [9.17, 15) is 19.8 Å². The maximum atomic E-state index is 11.4. The molecular weight excluding hydrogens is 635 g/mol. The maximum absolute atomic E-state index is 11.4. The Morgan fingerprint density at radius 1 is 0.721 bits per heavy atom. The molecule has 0 aliphatic carbocycles. The summed E-state index contributed by atoms with van der Waals surface area (Å²) in [5, 5.41) is 22.8. The molecule has 43 heavy (non-hydrogen) atoms.